The Morgan fingerprint density at radius 1 is 1.18 bits per heavy atom. The van der Waals surface area contributed by atoms with Crippen molar-refractivity contribution in [1.82, 2.24) is 14.9 Å². The van der Waals surface area contributed by atoms with Crippen LogP contribution < -0.4 is 19.7 Å². The summed E-state index contributed by atoms with van der Waals surface area (Å²) < 4.78 is 12.7. The van der Waals surface area contributed by atoms with E-state index in [1.807, 2.05) is 60.5 Å². The van der Waals surface area contributed by atoms with Crippen LogP contribution in [0.25, 0.3) is 0 Å². The summed E-state index contributed by atoms with van der Waals surface area (Å²) in [5.41, 5.74) is 1.58. The number of rotatable bonds is 8. The van der Waals surface area contributed by atoms with Crippen LogP contribution in [-0.2, 0) is 16.6 Å². The van der Waals surface area contributed by atoms with E-state index >= 15 is 0 Å². The lowest BCUT2D eigenvalue weighted by Gasteiger charge is -2.22. The Hall–Kier alpha value is -3.46. The van der Waals surface area contributed by atoms with E-state index < -0.39 is 12.0 Å². The zero-order valence-corrected chi connectivity index (χ0v) is 20.5. The van der Waals surface area contributed by atoms with E-state index in [1.165, 1.54) is 0 Å². The maximum atomic E-state index is 13.4. The summed E-state index contributed by atoms with van der Waals surface area (Å²) in [6, 6.07) is 12.7. The number of imidazole rings is 1. The molecular formula is C25H28N4O4S. The first-order valence-corrected chi connectivity index (χ1v) is 12.1. The number of aromatic nitrogens is 2. The minimum Gasteiger partial charge on any atom is -0.497 e. The van der Waals surface area contributed by atoms with Gasteiger partial charge in [-0.15, -0.1) is 11.8 Å². The van der Waals surface area contributed by atoms with E-state index in [9.17, 15) is 9.59 Å². The summed E-state index contributed by atoms with van der Waals surface area (Å²) in [6.45, 7) is 0.331. The topological polar surface area (TPSA) is 85.7 Å². The van der Waals surface area contributed by atoms with Crippen LogP contribution in [0.1, 0.15) is 23.9 Å². The second-order valence-corrected chi connectivity index (χ2v) is 8.97. The van der Waals surface area contributed by atoms with Gasteiger partial charge in [0.15, 0.2) is 0 Å². The number of amides is 2. The SMILES string of the molecule is COc1cc(OC)cc([C@H](NC(=O)[C@@H]2CC(=O)N(c3cccc(SC)c3)C2)c2nccn2C)c1. The Balaban J connectivity index is 1.59. The standard InChI is InChI=1S/C25H28N4O4S/c1-28-9-8-26-24(28)23(16-10-19(32-2)14-20(11-16)33-3)27-25(31)17-12-22(30)29(15-17)18-6-5-7-21(13-18)34-4/h5-11,13-14,17,23H,12,15H2,1-4H3,(H,27,31)/t17-,23+/m1/s1. The van der Waals surface area contributed by atoms with Gasteiger partial charge in [-0.2, -0.15) is 0 Å². The lowest BCUT2D eigenvalue weighted by molar-refractivity contribution is -0.126. The zero-order valence-electron chi connectivity index (χ0n) is 19.6. The molecule has 0 bridgehead atoms. The molecule has 178 valence electrons. The molecule has 0 saturated carbocycles. The van der Waals surface area contributed by atoms with Crippen LogP contribution in [0.15, 0.2) is 59.8 Å². The number of hydrogen-bond donors (Lipinski definition) is 1. The van der Waals surface area contributed by atoms with Gasteiger partial charge in [0, 0.05) is 49.1 Å². The highest BCUT2D eigenvalue weighted by atomic mass is 32.2. The molecule has 2 heterocycles. The normalized spacial score (nSPS) is 16.4. The molecule has 1 aliphatic heterocycles. The fourth-order valence-electron chi connectivity index (χ4n) is 4.12. The third-order valence-corrected chi connectivity index (χ3v) is 6.70. The lowest BCUT2D eigenvalue weighted by Crippen LogP contribution is -2.37. The fraction of sp³-hybridized carbons (Fsp3) is 0.320. The third-order valence-electron chi connectivity index (χ3n) is 5.97. The van der Waals surface area contributed by atoms with Gasteiger partial charge in [0.05, 0.1) is 20.1 Å². The van der Waals surface area contributed by atoms with Crippen molar-refractivity contribution in [1.29, 1.82) is 0 Å². The minimum absolute atomic E-state index is 0.0602. The number of nitrogens with one attached hydrogen (secondary N) is 1. The summed E-state index contributed by atoms with van der Waals surface area (Å²) in [7, 11) is 5.04. The van der Waals surface area contributed by atoms with E-state index in [4.69, 9.17) is 9.47 Å². The monoisotopic (exact) mass is 480 g/mol. The van der Waals surface area contributed by atoms with Crippen molar-refractivity contribution in [3.05, 3.63) is 66.2 Å². The Kier molecular flexibility index (Phi) is 7.12. The summed E-state index contributed by atoms with van der Waals surface area (Å²) in [4.78, 5) is 33.4. The summed E-state index contributed by atoms with van der Waals surface area (Å²) in [6.07, 6.45) is 5.66. The van der Waals surface area contributed by atoms with E-state index in [0.717, 1.165) is 16.1 Å². The van der Waals surface area contributed by atoms with Crippen LogP contribution in [0.4, 0.5) is 5.69 Å². The number of aryl methyl sites for hydroxylation is 1. The van der Waals surface area contributed by atoms with Crippen molar-refractivity contribution in [2.24, 2.45) is 13.0 Å². The van der Waals surface area contributed by atoms with Crippen LogP contribution in [0.2, 0.25) is 0 Å². The van der Waals surface area contributed by atoms with Gasteiger partial charge in [0.1, 0.15) is 23.4 Å². The predicted octanol–water partition coefficient (Wildman–Crippen LogP) is 3.42. The summed E-state index contributed by atoms with van der Waals surface area (Å²) in [5, 5.41) is 3.12. The van der Waals surface area contributed by atoms with E-state index in [1.54, 1.807) is 43.1 Å². The molecule has 8 nitrogen and oxygen atoms in total. The molecule has 2 amide bonds. The Labute approximate surface area is 203 Å². The van der Waals surface area contributed by atoms with E-state index in [0.29, 0.717) is 23.9 Å². The number of methoxy groups -OCH3 is 2. The van der Waals surface area contributed by atoms with E-state index in [-0.39, 0.29) is 18.2 Å². The van der Waals surface area contributed by atoms with Crippen molar-refractivity contribution in [3.63, 3.8) is 0 Å². The molecule has 4 rings (SSSR count). The second-order valence-electron chi connectivity index (χ2n) is 8.09. The number of carbonyl (C=O) groups excluding carboxylic acids is 2. The highest BCUT2D eigenvalue weighted by Gasteiger charge is 2.36. The molecule has 1 aromatic heterocycles. The molecule has 1 N–H and O–H groups in total. The molecule has 0 aliphatic carbocycles. The maximum Gasteiger partial charge on any atom is 0.227 e. The van der Waals surface area contributed by atoms with Crippen LogP contribution in [0.5, 0.6) is 11.5 Å². The first-order chi connectivity index (χ1) is 16.4. The molecule has 1 fully saturated rings. The number of carbonyl (C=O) groups is 2. The fourth-order valence-corrected chi connectivity index (χ4v) is 4.57. The average Bonchev–Trinajstić information content (AvgIpc) is 3.47. The molecule has 2 aromatic carbocycles. The van der Waals surface area contributed by atoms with Gasteiger partial charge in [-0.25, -0.2) is 4.98 Å². The molecule has 1 aliphatic rings. The summed E-state index contributed by atoms with van der Waals surface area (Å²) in [5.74, 6) is 1.15. The Morgan fingerprint density at radius 3 is 2.53 bits per heavy atom. The molecule has 0 unspecified atom stereocenters. The first kappa shape index (κ1) is 23.7. The van der Waals surface area contributed by atoms with Crippen molar-refractivity contribution in [3.8, 4) is 11.5 Å². The first-order valence-electron chi connectivity index (χ1n) is 10.9. The zero-order chi connectivity index (χ0) is 24.2. The van der Waals surface area contributed by atoms with Crippen molar-refractivity contribution >= 4 is 29.3 Å². The quantitative estimate of drug-likeness (QED) is 0.498. The van der Waals surface area contributed by atoms with E-state index in [2.05, 4.69) is 10.3 Å². The molecule has 0 spiro atoms. The second kappa shape index (κ2) is 10.2. The van der Waals surface area contributed by atoms with Gasteiger partial charge in [0.2, 0.25) is 11.8 Å². The van der Waals surface area contributed by atoms with Crippen molar-refractivity contribution in [2.45, 2.75) is 17.4 Å². The Morgan fingerprint density at radius 2 is 1.91 bits per heavy atom. The Bertz CT molecular complexity index is 1170. The molecule has 2 atom stereocenters. The minimum atomic E-state index is -0.541. The molecule has 1 saturated heterocycles. The van der Waals surface area contributed by atoms with Gasteiger partial charge < -0.3 is 24.3 Å². The van der Waals surface area contributed by atoms with Crippen LogP contribution in [0.3, 0.4) is 0 Å². The summed E-state index contributed by atoms with van der Waals surface area (Å²) >= 11 is 1.61. The van der Waals surface area contributed by atoms with Crippen LogP contribution in [0, 0.1) is 5.92 Å². The molecule has 0 radical (unpaired) electrons. The number of anilines is 1. The predicted molar refractivity (Wildman–Crippen MR) is 131 cm³/mol. The number of benzene rings is 2. The van der Waals surface area contributed by atoms with Gasteiger partial charge >= 0.3 is 0 Å². The van der Waals surface area contributed by atoms with Crippen LogP contribution >= 0.6 is 11.8 Å². The van der Waals surface area contributed by atoms with Gasteiger partial charge in [-0.3, -0.25) is 9.59 Å². The van der Waals surface area contributed by atoms with Gasteiger partial charge in [-0.1, -0.05) is 6.07 Å². The third kappa shape index (κ3) is 4.89. The van der Waals surface area contributed by atoms with Crippen molar-refractivity contribution in [2.75, 3.05) is 31.9 Å². The van der Waals surface area contributed by atoms with Crippen molar-refractivity contribution < 1.29 is 19.1 Å². The molecule has 34 heavy (non-hydrogen) atoms. The molecule has 9 heteroatoms. The number of thioether (sulfide) groups is 1. The average molecular weight is 481 g/mol. The highest BCUT2D eigenvalue weighted by molar-refractivity contribution is 7.98. The van der Waals surface area contributed by atoms with Gasteiger partial charge in [0.25, 0.3) is 0 Å². The number of nitrogens with zero attached hydrogens (tertiary/aromatic N) is 3. The number of ether oxygens (including phenoxy) is 2. The smallest absolute Gasteiger partial charge is 0.227 e. The van der Waals surface area contributed by atoms with Gasteiger partial charge in [-0.05, 0) is 42.2 Å². The molecular weight excluding hydrogens is 452 g/mol. The van der Waals surface area contributed by atoms with Crippen LogP contribution in [-0.4, -0.2) is 48.4 Å². The highest BCUT2D eigenvalue weighted by Crippen LogP contribution is 2.32. The lowest BCUT2D eigenvalue weighted by atomic mass is 10.0. The maximum absolute atomic E-state index is 13.4. The number of hydrogen-bond acceptors (Lipinski definition) is 6. The largest absolute Gasteiger partial charge is 0.497 e. The molecule has 3 aromatic rings.